The Morgan fingerprint density at radius 2 is 1.84 bits per heavy atom. The first kappa shape index (κ1) is 18.0. The van der Waals surface area contributed by atoms with Crippen LogP contribution in [-0.2, 0) is 4.79 Å². The summed E-state index contributed by atoms with van der Waals surface area (Å²) in [6.07, 6.45) is 2.46. The van der Waals surface area contributed by atoms with Gasteiger partial charge < -0.3 is 25.2 Å². The lowest BCUT2D eigenvalue weighted by Crippen LogP contribution is -2.42. The minimum Gasteiger partial charge on any atom is -0.497 e. The number of piperidine rings is 1. The maximum Gasteiger partial charge on any atom is 0.225 e. The summed E-state index contributed by atoms with van der Waals surface area (Å²) in [7, 11) is 1.64. The van der Waals surface area contributed by atoms with Gasteiger partial charge in [-0.25, -0.2) is 0 Å². The zero-order valence-corrected chi connectivity index (χ0v) is 14.8. The van der Waals surface area contributed by atoms with Crippen LogP contribution < -0.4 is 15.2 Å². The van der Waals surface area contributed by atoms with Gasteiger partial charge in [-0.1, -0.05) is 0 Å². The molecule has 0 radical (unpaired) electrons. The largest absolute Gasteiger partial charge is 0.497 e. The number of hydrogen-bond acceptors (Lipinski definition) is 5. The van der Waals surface area contributed by atoms with Crippen molar-refractivity contribution in [3.63, 3.8) is 0 Å². The van der Waals surface area contributed by atoms with Crippen molar-refractivity contribution in [1.82, 2.24) is 4.90 Å². The van der Waals surface area contributed by atoms with Gasteiger partial charge in [0.2, 0.25) is 5.91 Å². The van der Waals surface area contributed by atoms with Crippen LogP contribution in [0.5, 0.6) is 11.5 Å². The van der Waals surface area contributed by atoms with Crippen molar-refractivity contribution in [2.75, 3.05) is 26.8 Å². The molecule has 1 heterocycles. The number of likely N-dealkylation sites (tertiary alicyclic amines) is 1. The fourth-order valence-corrected chi connectivity index (χ4v) is 3.71. The Balaban J connectivity index is 1.41. The zero-order valence-electron chi connectivity index (χ0n) is 14.8. The van der Waals surface area contributed by atoms with Crippen LogP contribution in [0.2, 0.25) is 0 Å². The second-order valence-electron chi connectivity index (χ2n) is 7.15. The molecule has 6 nitrogen and oxygen atoms in total. The van der Waals surface area contributed by atoms with Gasteiger partial charge in [0.15, 0.2) is 0 Å². The highest BCUT2D eigenvalue weighted by Gasteiger charge is 2.37. The highest BCUT2D eigenvalue weighted by Crippen LogP contribution is 2.29. The highest BCUT2D eigenvalue weighted by atomic mass is 16.5. The number of methoxy groups -OCH3 is 1. The summed E-state index contributed by atoms with van der Waals surface area (Å²) in [5.74, 6) is 2.16. The Morgan fingerprint density at radius 3 is 2.40 bits per heavy atom. The third-order valence-corrected chi connectivity index (χ3v) is 5.40. The number of carbonyl (C=O) groups excluding carboxylic acids is 1. The van der Waals surface area contributed by atoms with Gasteiger partial charge in [0, 0.05) is 25.0 Å². The first-order valence-electron chi connectivity index (χ1n) is 9.06. The average molecular weight is 348 g/mol. The summed E-state index contributed by atoms with van der Waals surface area (Å²) in [5, 5.41) is 9.75. The molecule has 1 aliphatic heterocycles. The smallest absolute Gasteiger partial charge is 0.225 e. The molecule has 6 heteroatoms. The van der Waals surface area contributed by atoms with Gasteiger partial charge in [-0.2, -0.15) is 0 Å². The molecule has 0 aromatic heterocycles. The lowest BCUT2D eigenvalue weighted by atomic mass is 9.96. The fourth-order valence-electron chi connectivity index (χ4n) is 3.71. The molecule has 1 amide bonds. The van der Waals surface area contributed by atoms with E-state index in [0.717, 1.165) is 37.4 Å². The summed E-state index contributed by atoms with van der Waals surface area (Å²) >= 11 is 0. The first-order valence-corrected chi connectivity index (χ1v) is 9.06. The summed E-state index contributed by atoms with van der Waals surface area (Å²) in [4.78, 5) is 14.5. The van der Waals surface area contributed by atoms with Crippen LogP contribution in [0.15, 0.2) is 24.3 Å². The first-order chi connectivity index (χ1) is 12.1. The van der Waals surface area contributed by atoms with E-state index in [9.17, 15) is 9.90 Å². The van der Waals surface area contributed by atoms with Crippen LogP contribution in [-0.4, -0.2) is 54.9 Å². The molecule has 0 bridgehead atoms. The maximum atomic E-state index is 12.6. The predicted octanol–water partition coefficient (Wildman–Crippen LogP) is 1.41. The van der Waals surface area contributed by atoms with Crippen molar-refractivity contribution in [1.29, 1.82) is 0 Å². The number of aliphatic hydroxyl groups excluding tert-OH is 1. The molecule has 138 valence electrons. The standard InChI is InChI=1S/C19H28N2O4/c1-24-15-2-4-16(5-3-15)25-12-13-6-8-21(9-7-13)19(23)14-10-17(20)18(22)11-14/h2-5,13-14,17-18,22H,6-12,20H2,1H3/t14-,17+,18+/m0/s1. The van der Waals surface area contributed by atoms with Gasteiger partial charge in [-0.3, -0.25) is 4.79 Å². The number of ether oxygens (including phenoxy) is 2. The predicted molar refractivity (Wildman–Crippen MR) is 94.5 cm³/mol. The molecule has 1 aliphatic carbocycles. The van der Waals surface area contributed by atoms with E-state index in [-0.39, 0.29) is 17.9 Å². The minimum atomic E-state index is -0.538. The third kappa shape index (κ3) is 4.44. The second kappa shape index (κ2) is 8.06. The highest BCUT2D eigenvalue weighted by molar-refractivity contribution is 5.79. The van der Waals surface area contributed by atoms with Gasteiger partial charge in [0.25, 0.3) is 0 Å². The number of benzene rings is 1. The number of amides is 1. The molecular formula is C19H28N2O4. The normalized spacial score (nSPS) is 27.3. The number of aliphatic hydroxyl groups is 1. The molecule has 0 spiro atoms. The van der Waals surface area contributed by atoms with Crippen molar-refractivity contribution in [2.24, 2.45) is 17.6 Å². The van der Waals surface area contributed by atoms with E-state index in [4.69, 9.17) is 15.2 Å². The van der Waals surface area contributed by atoms with E-state index in [1.807, 2.05) is 29.2 Å². The van der Waals surface area contributed by atoms with Crippen LogP contribution in [0.4, 0.5) is 0 Å². The molecule has 1 saturated carbocycles. The number of nitrogens with two attached hydrogens (primary N) is 1. The van der Waals surface area contributed by atoms with Crippen LogP contribution in [0.25, 0.3) is 0 Å². The molecule has 3 rings (SSSR count). The van der Waals surface area contributed by atoms with Crippen LogP contribution in [0, 0.1) is 11.8 Å². The molecule has 3 atom stereocenters. The number of hydrogen-bond donors (Lipinski definition) is 2. The van der Waals surface area contributed by atoms with Crippen molar-refractivity contribution in [3.8, 4) is 11.5 Å². The van der Waals surface area contributed by atoms with E-state index in [1.54, 1.807) is 7.11 Å². The number of rotatable bonds is 5. The van der Waals surface area contributed by atoms with E-state index < -0.39 is 6.10 Å². The van der Waals surface area contributed by atoms with Gasteiger partial charge in [0.05, 0.1) is 19.8 Å². The SMILES string of the molecule is COc1ccc(OCC2CCN(C(=O)[C@H]3C[C@@H](N)[C@H](O)C3)CC2)cc1. The summed E-state index contributed by atoms with van der Waals surface area (Å²) < 4.78 is 11.0. The zero-order chi connectivity index (χ0) is 17.8. The molecule has 1 aromatic carbocycles. The Labute approximate surface area is 148 Å². The summed E-state index contributed by atoms with van der Waals surface area (Å²) in [6, 6.07) is 7.33. The van der Waals surface area contributed by atoms with E-state index in [2.05, 4.69) is 0 Å². The van der Waals surface area contributed by atoms with Crippen LogP contribution >= 0.6 is 0 Å². The number of carbonyl (C=O) groups is 1. The van der Waals surface area contributed by atoms with Crippen molar-refractivity contribution < 1.29 is 19.4 Å². The van der Waals surface area contributed by atoms with Crippen molar-refractivity contribution in [2.45, 2.75) is 37.8 Å². The molecule has 1 aromatic rings. The molecule has 25 heavy (non-hydrogen) atoms. The van der Waals surface area contributed by atoms with Gasteiger partial charge in [-0.15, -0.1) is 0 Å². The van der Waals surface area contributed by atoms with Gasteiger partial charge in [0.1, 0.15) is 11.5 Å². The maximum absolute atomic E-state index is 12.6. The van der Waals surface area contributed by atoms with Gasteiger partial charge >= 0.3 is 0 Å². The fraction of sp³-hybridized carbons (Fsp3) is 0.632. The molecule has 1 saturated heterocycles. The van der Waals surface area contributed by atoms with Gasteiger partial charge in [-0.05, 0) is 55.9 Å². The average Bonchev–Trinajstić information content (AvgIpc) is 2.99. The lowest BCUT2D eigenvalue weighted by Gasteiger charge is -2.33. The Morgan fingerprint density at radius 1 is 1.20 bits per heavy atom. The molecule has 3 N–H and O–H groups in total. The monoisotopic (exact) mass is 348 g/mol. The Kier molecular flexibility index (Phi) is 5.81. The second-order valence-corrected chi connectivity index (χ2v) is 7.15. The summed E-state index contributed by atoms with van der Waals surface area (Å²) in [6.45, 7) is 2.19. The molecule has 2 aliphatic rings. The lowest BCUT2D eigenvalue weighted by molar-refractivity contribution is -0.137. The quantitative estimate of drug-likeness (QED) is 0.840. The van der Waals surface area contributed by atoms with Crippen molar-refractivity contribution >= 4 is 5.91 Å². The summed E-state index contributed by atoms with van der Waals surface area (Å²) in [5.41, 5.74) is 5.83. The van der Waals surface area contributed by atoms with E-state index >= 15 is 0 Å². The van der Waals surface area contributed by atoms with Crippen molar-refractivity contribution in [3.05, 3.63) is 24.3 Å². The van der Waals surface area contributed by atoms with E-state index in [0.29, 0.717) is 25.4 Å². The molecular weight excluding hydrogens is 320 g/mol. The molecule has 2 fully saturated rings. The topological polar surface area (TPSA) is 85.0 Å². The Bertz CT molecular complexity index is 559. The van der Waals surface area contributed by atoms with Crippen LogP contribution in [0.3, 0.4) is 0 Å². The van der Waals surface area contributed by atoms with E-state index in [1.165, 1.54) is 0 Å². The van der Waals surface area contributed by atoms with Crippen LogP contribution in [0.1, 0.15) is 25.7 Å². The number of nitrogens with zero attached hydrogens (tertiary/aromatic N) is 1. The minimum absolute atomic E-state index is 0.114. The Hall–Kier alpha value is -1.79. The molecule has 0 unspecified atom stereocenters. The third-order valence-electron chi connectivity index (χ3n) is 5.40.